The van der Waals surface area contributed by atoms with Gasteiger partial charge in [-0.3, -0.25) is 14.3 Å². The van der Waals surface area contributed by atoms with Crippen molar-refractivity contribution in [1.82, 2.24) is 9.55 Å². The normalized spacial score (nSPS) is 24.8. The second-order valence-electron chi connectivity index (χ2n) is 4.17. The third-order valence-electron chi connectivity index (χ3n) is 2.72. The van der Waals surface area contributed by atoms with Crippen molar-refractivity contribution in [3.63, 3.8) is 0 Å². The molecule has 20 heavy (non-hydrogen) atoms. The Morgan fingerprint density at radius 3 is 2.80 bits per heavy atom. The summed E-state index contributed by atoms with van der Waals surface area (Å²) in [5, 5.41) is 0. The quantitative estimate of drug-likeness (QED) is 0.646. The first-order chi connectivity index (χ1) is 9.26. The van der Waals surface area contributed by atoms with Crippen molar-refractivity contribution < 1.29 is 28.0 Å². The molecule has 2 rings (SSSR count). The Hall–Kier alpha value is -1.32. The fraction of sp³-hybridized carbons (Fsp3) is 0.556. The minimum Gasteiger partial charge on any atom is -0.349 e. The van der Waals surface area contributed by atoms with E-state index in [1.54, 1.807) is 0 Å². The summed E-state index contributed by atoms with van der Waals surface area (Å²) in [6.07, 6.45) is -2.79. The maximum absolute atomic E-state index is 13.5. The van der Waals surface area contributed by atoms with Gasteiger partial charge in [0.1, 0.15) is 12.3 Å². The Kier molecular flexibility index (Phi) is 4.21. The van der Waals surface area contributed by atoms with Crippen molar-refractivity contribution in [2.75, 3.05) is 0 Å². The molecule has 3 atom stereocenters. The van der Waals surface area contributed by atoms with E-state index < -0.39 is 37.8 Å². The molecule has 1 saturated heterocycles. The summed E-state index contributed by atoms with van der Waals surface area (Å²) in [5.74, 6) is 0. The number of ether oxygens (including phenoxy) is 1. The molecule has 3 N–H and O–H groups in total. The minimum atomic E-state index is -4.95. The molecule has 0 aromatic carbocycles. The molecule has 0 saturated carbocycles. The van der Waals surface area contributed by atoms with Gasteiger partial charge in [-0.05, 0) is 12.8 Å². The number of hydrogen-bond donors (Lipinski definition) is 3. The Bertz CT molecular complexity index is 638. The monoisotopic (exact) mass is 310 g/mol. The molecular weight excluding hydrogens is 298 g/mol. The topological polar surface area (TPSA) is 131 Å². The molecule has 9 nitrogen and oxygen atoms in total. The second-order valence-corrected chi connectivity index (χ2v) is 5.36. The predicted octanol–water partition coefficient (Wildman–Crippen LogP) is -0.381. The highest BCUT2D eigenvalue weighted by Crippen LogP contribution is 2.41. The van der Waals surface area contributed by atoms with E-state index in [1.807, 2.05) is 4.98 Å². The average molecular weight is 310 g/mol. The number of H-pyrrole nitrogens is 1. The maximum atomic E-state index is 13.5. The Morgan fingerprint density at radius 2 is 2.20 bits per heavy atom. The van der Waals surface area contributed by atoms with Crippen molar-refractivity contribution in [2.45, 2.75) is 31.5 Å². The lowest BCUT2D eigenvalue weighted by Gasteiger charge is -2.18. The number of rotatable bonds is 4. The molecule has 0 amide bonds. The average Bonchev–Trinajstić information content (AvgIpc) is 2.75. The summed E-state index contributed by atoms with van der Waals surface area (Å²) in [6, 6.07) is 1.11. The van der Waals surface area contributed by atoms with Crippen LogP contribution >= 0.6 is 7.82 Å². The molecule has 11 heteroatoms. The van der Waals surface area contributed by atoms with Crippen molar-refractivity contribution in [3.05, 3.63) is 33.1 Å². The van der Waals surface area contributed by atoms with Gasteiger partial charge in [0.25, 0.3) is 5.56 Å². The number of aromatic amines is 1. The highest BCUT2D eigenvalue weighted by molar-refractivity contribution is 7.46. The maximum Gasteiger partial charge on any atom is 0.472 e. The number of phosphoric ester groups is 1. The standard InChI is InChI=1S/C9H12FN2O7P/c10-8(19-20(15,16)17)5-1-2-7(18-5)12-4-3-6(13)11-9(12)14/h3-5,7-8H,1-2H2,(H,11,13,14)(H2,15,16,17)/t5-,7+,8?/m0/s1. The predicted molar refractivity (Wildman–Crippen MR) is 62.5 cm³/mol. The Morgan fingerprint density at radius 1 is 1.50 bits per heavy atom. The smallest absolute Gasteiger partial charge is 0.349 e. The van der Waals surface area contributed by atoms with Gasteiger partial charge in [0, 0.05) is 12.3 Å². The molecule has 2 heterocycles. The van der Waals surface area contributed by atoms with Gasteiger partial charge in [-0.1, -0.05) is 0 Å². The van der Waals surface area contributed by atoms with Crippen LogP contribution in [0.25, 0.3) is 0 Å². The number of halogens is 1. The van der Waals surface area contributed by atoms with E-state index in [4.69, 9.17) is 14.5 Å². The summed E-state index contributed by atoms with van der Waals surface area (Å²) in [7, 11) is -4.95. The van der Waals surface area contributed by atoms with Gasteiger partial charge in [0.2, 0.25) is 6.36 Å². The third-order valence-corrected chi connectivity index (χ3v) is 3.20. The molecule has 1 aromatic heterocycles. The molecule has 0 spiro atoms. The van der Waals surface area contributed by atoms with Crippen LogP contribution in [0.4, 0.5) is 4.39 Å². The van der Waals surface area contributed by atoms with Crippen LogP contribution in [0.2, 0.25) is 0 Å². The number of phosphoric acid groups is 1. The zero-order valence-electron chi connectivity index (χ0n) is 10.0. The van der Waals surface area contributed by atoms with Gasteiger partial charge in [-0.2, -0.15) is 0 Å². The summed E-state index contributed by atoms with van der Waals surface area (Å²) in [5.41, 5.74) is -1.29. The molecule has 112 valence electrons. The van der Waals surface area contributed by atoms with E-state index in [1.165, 1.54) is 6.20 Å². The van der Waals surface area contributed by atoms with E-state index in [-0.39, 0.29) is 12.8 Å². The fourth-order valence-corrected chi connectivity index (χ4v) is 2.29. The van der Waals surface area contributed by atoms with E-state index in [0.717, 1.165) is 10.6 Å². The van der Waals surface area contributed by atoms with E-state index in [9.17, 15) is 18.5 Å². The van der Waals surface area contributed by atoms with Crippen LogP contribution in [0.3, 0.4) is 0 Å². The van der Waals surface area contributed by atoms with Gasteiger partial charge in [0.05, 0.1) is 0 Å². The Labute approximate surface area is 111 Å². The third kappa shape index (κ3) is 3.62. The molecule has 1 unspecified atom stereocenters. The van der Waals surface area contributed by atoms with Crippen molar-refractivity contribution in [2.24, 2.45) is 0 Å². The molecule has 1 aliphatic rings. The number of aromatic nitrogens is 2. The lowest BCUT2D eigenvalue weighted by molar-refractivity contribution is -0.106. The SMILES string of the molecule is O=c1ccn([C@H]2CC[C@@H](C(F)OP(=O)(O)O)O2)c(=O)[nH]1. The first-order valence-electron chi connectivity index (χ1n) is 5.61. The van der Waals surface area contributed by atoms with Crippen molar-refractivity contribution in [3.8, 4) is 0 Å². The molecule has 0 aliphatic carbocycles. The molecule has 1 aromatic rings. The van der Waals surface area contributed by atoms with Crippen LogP contribution in [-0.4, -0.2) is 31.8 Å². The van der Waals surface area contributed by atoms with Gasteiger partial charge in [-0.15, -0.1) is 0 Å². The van der Waals surface area contributed by atoms with Gasteiger partial charge < -0.3 is 14.5 Å². The highest BCUT2D eigenvalue weighted by atomic mass is 31.2. The van der Waals surface area contributed by atoms with Crippen LogP contribution in [-0.2, 0) is 13.8 Å². The van der Waals surface area contributed by atoms with Crippen LogP contribution in [0.15, 0.2) is 21.9 Å². The molecule has 0 bridgehead atoms. The Balaban J connectivity index is 2.07. The number of alkyl halides is 1. The zero-order chi connectivity index (χ0) is 14.9. The van der Waals surface area contributed by atoms with E-state index in [0.29, 0.717) is 0 Å². The van der Waals surface area contributed by atoms with E-state index in [2.05, 4.69) is 4.52 Å². The summed E-state index contributed by atoms with van der Waals surface area (Å²) in [4.78, 5) is 41.4. The van der Waals surface area contributed by atoms with Crippen molar-refractivity contribution >= 4 is 7.82 Å². The minimum absolute atomic E-state index is 0.109. The zero-order valence-corrected chi connectivity index (χ0v) is 10.9. The van der Waals surface area contributed by atoms with Crippen LogP contribution in [0.5, 0.6) is 0 Å². The van der Waals surface area contributed by atoms with Gasteiger partial charge >= 0.3 is 13.5 Å². The first kappa shape index (κ1) is 15.1. The first-order valence-corrected chi connectivity index (χ1v) is 7.14. The van der Waals surface area contributed by atoms with Gasteiger partial charge in [-0.25, -0.2) is 18.3 Å². The van der Waals surface area contributed by atoms with E-state index >= 15 is 0 Å². The molecular formula is C9H12FN2O7P. The highest BCUT2D eigenvalue weighted by Gasteiger charge is 2.37. The molecule has 1 fully saturated rings. The lowest BCUT2D eigenvalue weighted by Crippen LogP contribution is -2.32. The number of nitrogens with zero attached hydrogens (tertiary/aromatic N) is 1. The summed E-state index contributed by atoms with van der Waals surface area (Å²) < 4.78 is 34.1. The molecule has 1 aliphatic heterocycles. The molecule has 0 radical (unpaired) electrons. The van der Waals surface area contributed by atoms with Crippen LogP contribution in [0.1, 0.15) is 19.1 Å². The number of nitrogens with one attached hydrogen (secondary N) is 1. The van der Waals surface area contributed by atoms with Crippen LogP contribution in [0, 0.1) is 0 Å². The second kappa shape index (κ2) is 5.58. The van der Waals surface area contributed by atoms with Gasteiger partial charge in [0.15, 0.2) is 0 Å². The fourth-order valence-electron chi connectivity index (χ4n) is 1.90. The largest absolute Gasteiger partial charge is 0.472 e. The lowest BCUT2D eigenvalue weighted by atomic mass is 10.2. The summed E-state index contributed by atoms with van der Waals surface area (Å²) >= 11 is 0. The number of hydrogen-bond acceptors (Lipinski definition) is 5. The van der Waals surface area contributed by atoms with Crippen molar-refractivity contribution in [1.29, 1.82) is 0 Å². The summed E-state index contributed by atoms with van der Waals surface area (Å²) in [6.45, 7) is 0. The van der Waals surface area contributed by atoms with Crippen LogP contribution < -0.4 is 11.2 Å².